The zero-order chi connectivity index (χ0) is 12.4. The highest BCUT2D eigenvalue weighted by molar-refractivity contribution is 5.44. The van der Waals surface area contributed by atoms with E-state index in [0.29, 0.717) is 0 Å². The molecule has 1 heterocycles. The molecule has 0 radical (unpaired) electrons. The lowest BCUT2D eigenvalue weighted by Crippen LogP contribution is -2.05. The molecule has 1 unspecified atom stereocenters. The van der Waals surface area contributed by atoms with Crippen LogP contribution in [0.3, 0.4) is 0 Å². The summed E-state index contributed by atoms with van der Waals surface area (Å²) >= 11 is 0. The molecule has 0 saturated heterocycles. The predicted molar refractivity (Wildman–Crippen MR) is 71.0 cm³/mol. The molecule has 2 aromatic rings. The van der Waals surface area contributed by atoms with Crippen LogP contribution in [-0.4, -0.2) is 9.55 Å². The maximum Gasteiger partial charge on any atom is 0.127 e. The van der Waals surface area contributed by atoms with Crippen LogP contribution in [0.5, 0.6) is 0 Å². The highest BCUT2D eigenvalue weighted by Gasteiger charge is 2.17. The number of imidazole rings is 1. The number of nitrogens with two attached hydrogens (primary N) is 1. The topological polar surface area (TPSA) is 43.8 Å². The van der Waals surface area contributed by atoms with Crippen molar-refractivity contribution >= 4 is 5.82 Å². The van der Waals surface area contributed by atoms with E-state index in [2.05, 4.69) is 35.5 Å². The Kier molecular flexibility index (Phi) is 3.18. The summed E-state index contributed by atoms with van der Waals surface area (Å²) < 4.78 is 2.05. The highest BCUT2D eigenvalue weighted by atomic mass is 15.1. The predicted octanol–water partition coefficient (Wildman–Crippen LogP) is 2.95. The molecule has 1 atom stereocenters. The number of nitrogens with zero attached hydrogens (tertiary/aromatic N) is 2. The minimum atomic E-state index is 0.239. The molecular weight excluding hydrogens is 210 g/mol. The Labute approximate surface area is 102 Å². The van der Waals surface area contributed by atoms with E-state index in [1.54, 1.807) is 0 Å². The number of hydrogen-bond donors (Lipinski definition) is 1. The van der Waals surface area contributed by atoms with Crippen LogP contribution >= 0.6 is 0 Å². The largest absolute Gasteiger partial charge is 0.384 e. The number of rotatable bonds is 3. The quantitative estimate of drug-likeness (QED) is 0.879. The summed E-state index contributed by atoms with van der Waals surface area (Å²) in [7, 11) is 0. The van der Waals surface area contributed by atoms with Gasteiger partial charge in [0.25, 0.3) is 0 Å². The maximum atomic E-state index is 6.15. The van der Waals surface area contributed by atoms with Gasteiger partial charge >= 0.3 is 0 Å². The zero-order valence-corrected chi connectivity index (χ0v) is 10.6. The van der Waals surface area contributed by atoms with E-state index in [1.807, 2.05) is 25.1 Å². The third-order valence-electron chi connectivity index (χ3n) is 3.25. The van der Waals surface area contributed by atoms with E-state index < -0.39 is 0 Å². The Balaban J connectivity index is 2.41. The van der Waals surface area contributed by atoms with Crippen LogP contribution in [-0.2, 0) is 6.54 Å². The smallest absolute Gasteiger partial charge is 0.127 e. The minimum Gasteiger partial charge on any atom is -0.384 e. The molecule has 1 aromatic heterocycles. The van der Waals surface area contributed by atoms with Gasteiger partial charge in [0.2, 0.25) is 0 Å². The van der Waals surface area contributed by atoms with Gasteiger partial charge in [-0.3, -0.25) is 0 Å². The molecule has 90 valence electrons. The van der Waals surface area contributed by atoms with Gasteiger partial charge < -0.3 is 10.3 Å². The molecular formula is C14H19N3. The molecule has 0 aliphatic heterocycles. The van der Waals surface area contributed by atoms with Gasteiger partial charge in [0.05, 0.1) is 5.69 Å². The van der Waals surface area contributed by atoms with Crippen molar-refractivity contribution in [2.45, 2.75) is 33.2 Å². The van der Waals surface area contributed by atoms with Gasteiger partial charge in [-0.15, -0.1) is 0 Å². The first-order valence-corrected chi connectivity index (χ1v) is 6.02. The average Bonchev–Trinajstić information content (AvgIpc) is 2.64. The van der Waals surface area contributed by atoms with Gasteiger partial charge in [0.1, 0.15) is 11.6 Å². The van der Waals surface area contributed by atoms with Gasteiger partial charge in [-0.2, -0.15) is 0 Å². The number of benzene rings is 1. The third-order valence-corrected chi connectivity index (χ3v) is 3.25. The summed E-state index contributed by atoms with van der Waals surface area (Å²) in [5, 5.41) is 0. The molecule has 0 bridgehead atoms. The number of hydrogen-bond acceptors (Lipinski definition) is 2. The van der Waals surface area contributed by atoms with Gasteiger partial charge in [0.15, 0.2) is 0 Å². The summed E-state index contributed by atoms with van der Waals surface area (Å²) in [6, 6.07) is 10.3. The Hall–Kier alpha value is -1.77. The molecule has 0 spiro atoms. The molecule has 3 nitrogen and oxygen atoms in total. The second-order valence-electron chi connectivity index (χ2n) is 4.31. The monoisotopic (exact) mass is 229 g/mol. The van der Waals surface area contributed by atoms with Crippen LogP contribution in [0.1, 0.15) is 36.8 Å². The van der Waals surface area contributed by atoms with Gasteiger partial charge in [-0.25, -0.2) is 4.98 Å². The standard InChI is InChI=1S/C14H19N3/c1-4-17-11(3)16-13(14(17)15)10(2)12-8-6-5-7-9-12/h5-10H,4,15H2,1-3H3. The van der Waals surface area contributed by atoms with Gasteiger partial charge in [0, 0.05) is 12.5 Å². The third kappa shape index (κ3) is 2.05. The van der Waals surface area contributed by atoms with E-state index in [9.17, 15) is 0 Å². The zero-order valence-electron chi connectivity index (χ0n) is 10.6. The van der Waals surface area contributed by atoms with Crippen molar-refractivity contribution in [1.82, 2.24) is 9.55 Å². The first-order chi connectivity index (χ1) is 8.15. The summed E-state index contributed by atoms with van der Waals surface area (Å²) in [6.07, 6.45) is 0. The van der Waals surface area contributed by atoms with Crippen LogP contribution in [0, 0.1) is 6.92 Å². The number of aromatic nitrogens is 2. The second-order valence-corrected chi connectivity index (χ2v) is 4.31. The lowest BCUT2D eigenvalue weighted by Gasteiger charge is -2.10. The van der Waals surface area contributed by atoms with Crippen LogP contribution in [0.2, 0.25) is 0 Å². The van der Waals surface area contributed by atoms with Crippen molar-refractivity contribution in [3.05, 3.63) is 47.4 Å². The molecule has 0 aliphatic carbocycles. The molecule has 17 heavy (non-hydrogen) atoms. The van der Waals surface area contributed by atoms with Crippen molar-refractivity contribution in [2.75, 3.05) is 5.73 Å². The lowest BCUT2D eigenvalue weighted by atomic mass is 9.98. The van der Waals surface area contributed by atoms with Crippen molar-refractivity contribution in [3.8, 4) is 0 Å². The van der Waals surface area contributed by atoms with Crippen LogP contribution in [0.25, 0.3) is 0 Å². The van der Waals surface area contributed by atoms with Crippen molar-refractivity contribution in [3.63, 3.8) is 0 Å². The molecule has 1 aromatic carbocycles. The van der Waals surface area contributed by atoms with E-state index >= 15 is 0 Å². The fraction of sp³-hybridized carbons (Fsp3) is 0.357. The highest BCUT2D eigenvalue weighted by Crippen LogP contribution is 2.28. The van der Waals surface area contributed by atoms with Crippen LogP contribution < -0.4 is 5.73 Å². The maximum absolute atomic E-state index is 6.15. The summed E-state index contributed by atoms with van der Waals surface area (Å²) in [5.41, 5.74) is 8.39. The van der Waals surface area contributed by atoms with Crippen LogP contribution in [0.4, 0.5) is 5.82 Å². The summed E-state index contributed by atoms with van der Waals surface area (Å²) in [6.45, 7) is 7.10. The molecule has 2 N–H and O–H groups in total. The second kappa shape index (κ2) is 4.62. The lowest BCUT2D eigenvalue weighted by molar-refractivity contribution is 0.739. The fourth-order valence-electron chi connectivity index (χ4n) is 2.22. The summed E-state index contributed by atoms with van der Waals surface area (Å²) in [4.78, 5) is 4.60. The Morgan fingerprint density at radius 1 is 1.29 bits per heavy atom. The number of aryl methyl sites for hydroxylation is 1. The Bertz CT molecular complexity index is 500. The van der Waals surface area contributed by atoms with Crippen molar-refractivity contribution in [2.24, 2.45) is 0 Å². The molecule has 0 saturated carbocycles. The van der Waals surface area contributed by atoms with Gasteiger partial charge in [-0.1, -0.05) is 37.3 Å². The summed E-state index contributed by atoms with van der Waals surface area (Å²) in [5.74, 6) is 2.02. The van der Waals surface area contributed by atoms with Crippen molar-refractivity contribution < 1.29 is 0 Å². The van der Waals surface area contributed by atoms with E-state index in [0.717, 1.165) is 23.9 Å². The average molecular weight is 229 g/mol. The first-order valence-electron chi connectivity index (χ1n) is 6.02. The van der Waals surface area contributed by atoms with Crippen LogP contribution in [0.15, 0.2) is 30.3 Å². The molecule has 0 fully saturated rings. The normalized spacial score (nSPS) is 12.6. The molecule has 0 aliphatic rings. The SMILES string of the molecule is CCn1c(C)nc(C(C)c2ccccc2)c1N. The van der Waals surface area contributed by atoms with E-state index in [-0.39, 0.29) is 5.92 Å². The fourth-order valence-corrected chi connectivity index (χ4v) is 2.22. The first kappa shape index (κ1) is 11.7. The molecule has 2 rings (SSSR count). The Morgan fingerprint density at radius 2 is 1.94 bits per heavy atom. The molecule has 3 heteroatoms. The minimum absolute atomic E-state index is 0.239. The Morgan fingerprint density at radius 3 is 2.47 bits per heavy atom. The van der Waals surface area contributed by atoms with Crippen molar-refractivity contribution in [1.29, 1.82) is 0 Å². The number of anilines is 1. The van der Waals surface area contributed by atoms with E-state index in [4.69, 9.17) is 5.73 Å². The van der Waals surface area contributed by atoms with Gasteiger partial charge in [-0.05, 0) is 19.4 Å². The molecule has 0 amide bonds. The number of nitrogen functional groups attached to an aromatic ring is 1. The van der Waals surface area contributed by atoms with E-state index in [1.165, 1.54) is 5.56 Å².